The molecule has 0 aliphatic heterocycles. The van der Waals surface area contributed by atoms with E-state index in [0.29, 0.717) is 18.8 Å². The number of hydrogen-bond donors (Lipinski definition) is 2. The highest BCUT2D eigenvalue weighted by Crippen LogP contribution is 2.22. The second-order valence-corrected chi connectivity index (χ2v) is 5.04. The normalized spacial score (nSPS) is 10.4. The third-order valence-corrected chi connectivity index (χ3v) is 3.65. The first-order chi connectivity index (χ1) is 9.20. The van der Waals surface area contributed by atoms with Crippen molar-refractivity contribution >= 4 is 15.9 Å². The zero-order valence-corrected chi connectivity index (χ0v) is 12.3. The van der Waals surface area contributed by atoms with E-state index in [1.165, 1.54) is 0 Å². The Morgan fingerprint density at radius 2 is 1.84 bits per heavy atom. The molecule has 0 aliphatic carbocycles. The second kappa shape index (κ2) is 6.59. The average molecular weight is 322 g/mol. The van der Waals surface area contributed by atoms with Gasteiger partial charge in [-0.1, -0.05) is 34.1 Å². The van der Waals surface area contributed by atoms with E-state index < -0.39 is 0 Å². The predicted molar refractivity (Wildman–Crippen MR) is 79.3 cm³/mol. The molecule has 0 unspecified atom stereocenters. The Kier molecular flexibility index (Phi) is 4.82. The van der Waals surface area contributed by atoms with E-state index in [0.717, 1.165) is 21.3 Å². The van der Waals surface area contributed by atoms with Gasteiger partial charge in [0.25, 0.3) is 0 Å². The highest BCUT2D eigenvalue weighted by atomic mass is 79.9. The molecule has 2 rings (SSSR count). The summed E-state index contributed by atoms with van der Waals surface area (Å²) in [6.45, 7) is 1.32. The summed E-state index contributed by atoms with van der Waals surface area (Å²) < 4.78 is 6.24. The van der Waals surface area contributed by atoms with E-state index in [1.807, 2.05) is 36.4 Å². The maximum atomic E-state index is 9.68. The summed E-state index contributed by atoms with van der Waals surface area (Å²) in [6, 6.07) is 13.2. The van der Waals surface area contributed by atoms with Crippen molar-refractivity contribution in [3.8, 4) is 11.5 Å². The summed E-state index contributed by atoms with van der Waals surface area (Å²) >= 11 is 3.52. The van der Waals surface area contributed by atoms with Gasteiger partial charge in [0.05, 0.1) is 7.11 Å². The molecule has 0 saturated carbocycles. The zero-order valence-electron chi connectivity index (χ0n) is 10.7. The third kappa shape index (κ3) is 3.72. The molecule has 0 spiro atoms. The molecule has 0 aromatic heterocycles. The SMILES string of the molecule is COc1ccc(Br)c(CNCc2ccccc2O)c1. The predicted octanol–water partition coefficient (Wildman–Crippen LogP) is 3.45. The molecule has 0 amide bonds. The lowest BCUT2D eigenvalue weighted by Crippen LogP contribution is -2.13. The van der Waals surface area contributed by atoms with Gasteiger partial charge in [0, 0.05) is 23.1 Å². The topological polar surface area (TPSA) is 41.5 Å². The summed E-state index contributed by atoms with van der Waals surface area (Å²) in [5.41, 5.74) is 2.01. The highest BCUT2D eigenvalue weighted by Gasteiger charge is 2.03. The maximum absolute atomic E-state index is 9.68. The number of para-hydroxylation sites is 1. The molecular formula is C15H16BrNO2. The molecule has 0 atom stereocenters. The number of rotatable bonds is 5. The molecule has 0 bridgehead atoms. The number of methoxy groups -OCH3 is 1. The molecular weight excluding hydrogens is 306 g/mol. The van der Waals surface area contributed by atoms with Gasteiger partial charge < -0.3 is 15.2 Å². The largest absolute Gasteiger partial charge is 0.508 e. The molecule has 3 nitrogen and oxygen atoms in total. The standard InChI is InChI=1S/C15H16BrNO2/c1-19-13-6-7-14(16)12(8-13)10-17-9-11-4-2-3-5-15(11)18/h2-8,17-18H,9-10H2,1H3. The number of ether oxygens (including phenoxy) is 1. The molecule has 2 aromatic rings. The van der Waals surface area contributed by atoms with Gasteiger partial charge in [-0.25, -0.2) is 0 Å². The van der Waals surface area contributed by atoms with Crippen LogP contribution in [-0.2, 0) is 13.1 Å². The lowest BCUT2D eigenvalue weighted by atomic mass is 10.2. The Labute approximate surface area is 121 Å². The van der Waals surface area contributed by atoms with Crippen LogP contribution in [0.25, 0.3) is 0 Å². The van der Waals surface area contributed by atoms with Crippen LogP contribution >= 0.6 is 15.9 Å². The number of benzene rings is 2. The lowest BCUT2D eigenvalue weighted by molar-refractivity contribution is 0.414. The summed E-state index contributed by atoms with van der Waals surface area (Å²) in [7, 11) is 1.66. The summed E-state index contributed by atoms with van der Waals surface area (Å²) in [4.78, 5) is 0. The van der Waals surface area contributed by atoms with Gasteiger partial charge in [-0.2, -0.15) is 0 Å². The number of phenolic OH excluding ortho intramolecular Hbond substituents is 1. The molecule has 0 aliphatic rings. The van der Waals surface area contributed by atoms with Gasteiger partial charge in [0.2, 0.25) is 0 Å². The van der Waals surface area contributed by atoms with Crippen LogP contribution in [0.5, 0.6) is 11.5 Å². The van der Waals surface area contributed by atoms with Gasteiger partial charge in [-0.3, -0.25) is 0 Å². The first-order valence-electron chi connectivity index (χ1n) is 6.00. The molecule has 0 fully saturated rings. The van der Waals surface area contributed by atoms with Crippen molar-refractivity contribution in [2.75, 3.05) is 7.11 Å². The van der Waals surface area contributed by atoms with Crippen LogP contribution in [0.2, 0.25) is 0 Å². The molecule has 2 N–H and O–H groups in total. The van der Waals surface area contributed by atoms with Crippen molar-refractivity contribution in [1.29, 1.82) is 0 Å². The fourth-order valence-corrected chi connectivity index (χ4v) is 2.19. The summed E-state index contributed by atoms with van der Waals surface area (Å²) in [6.07, 6.45) is 0. The number of hydrogen-bond acceptors (Lipinski definition) is 3. The number of halogens is 1. The van der Waals surface area contributed by atoms with E-state index in [-0.39, 0.29) is 0 Å². The molecule has 0 heterocycles. The molecule has 2 aromatic carbocycles. The van der Waals surface area contributed by atoms with Gasteiger partial charge in [-0.15, -0.1) is 0 Å². The molecule has 100 valence electrons. The second-order valence-electron chi connectivity index (χ2n) is 4.19. The first-order valence-corrected chi connectivity index (χ1v) is 6.80. The Hall–Kier alpha value is -1.52. The monoisotopic (exact) mass is 321 g/mol. The molecule has 19 heavy (non-hydrogen) atoms. The van der Waals surface area contributed by atoms with Crippen molar-refractivity contribution in [1.82, 2.24) is 5.32 Å². The van der Waals surface area contributed by atoms with Crippen LogP contribution in [0.15, 0.2) is 46.9 Å². The van der Waals surface area contributed by atoms with Crippen LogP contribution in [0.1, 0.15) is 11.1 Å². The van der Waals surface area contributed by atoms with Crippen LogP contribution in [0.3, 0.4) is 0 Å². The highest BCUT2D eigenvalue weighted by molar-refractivity contribution is 9.10. The molecule has 0 radical (unpaired) electrons. The summed E-state index contributed by atoms with van der Waals surface area (Å²) in [5, 5.41) is 13.0. The van der Waals surface area contributed by atoms with Gasteiger partial charge in [0.15, 0.2) is 0 Å². The quantitative estimate of drug-likeness (QED) is 0.886. The zero-order chi connectivity index (χ0) is 13.7. The van der Waals surface area contributed by atoms with E-state index >= 15 is 0 Å². The third-order valence-electron chi connectivity index (χ3n) is 2.88. The molecule has 0 saturated heterocycles. The minimum absolute atomic E-state index is 0.319. The van der Waals surface area contributed by atoms with Gasteiger partial charge in [0.1, 0.15) is 11.5 Å². The van der Waals surface area contributed by atoms with E-state index in [4.69, 9.17) is 4.74 Å². The number of phenols is 1. The fraction of sp³-hybridized carbons (Fsp3) is 0.200. The van der Waals surface area contributed by atoms with E-state index in [9.17, 15) is 5.11 Å². The van der Waals surface area contributed by atoms with Crippen molar-refractivity contribution in [3.63, 3.8) is 0 Å². The molecule has 4 heteroatoms. The van der Waals surface area contributed by atoms with Crippen molar-refractivity contribution in [3.05, 3.63) is 58.1 Å². The number of aromatic hydroxyl groups is 1. The van der Waals surface area contributed by atoms with Crippen molar-refractivity contribution in [2.45, 2.75) is 13.1 Å². The van der Waals surface area contributed by atoms with Crippen molar-refractivity contribution < 1.29 is 9.84 Å². The lowest BCUT2D eigenvalue weighted by Gasteiger charge is -2.09. The first kappa shape index (κ1) is 13.9. The Morgan fingerprint density at radius 3 is 2.58 bits per heavy atom. The Balaban J connectivity index is 1.98. The number of nitrogens with one attached hydrogen (secondary N) is 1. The van der Waals surface area contributed by atoms with Crippen LogP contribution in [0, 0.1) is 0 Å². The average Bonchev–Trinajstić information content (AvgIpc) is 2.43. The Morgan fingerprint density at radius 1 is 1.11 bits per heavy atom. The fourth-order valence-electron chi connectivity index (χ4n) is 1.81. The maximum Gasteiger partial charge on any atom is 0.120 e. The Bertz CT molecular complexity index is 558. The van der Waals surface area contributed by atoms with E-state index in [2.05, 4.69) is 21.2 Å². The van der Waals surface area contributed by atoms with E-state index in [1.54, 1.807) is 13.2 Å². The van der Waals surface area contributed by atoms with Crippen LogP contribution in [0.4, 0.5) is 0 Å². The minimum atomic E-state index is 0.319. The van der Waals surface area contributed by atoms with Crippen LogP contribution in [-0.4, -0.2) is 12.2 Å². The van der Waals surface area contributed by atoms with Gasteiger partial charge >= 0.3 is 0 Å². The minimum Gasteiger partial charge on any atom is -0.508 e. The summed E-state index contributed by atoms with van der Waals surface area (Å²) in [5.74, 6) is 1.15. The van der Waals surface area contributed by atoms with Crippen molar-refractivity contribution in [2.24, 2.45) is 0 Å². The van der Waals surface area contributed by atoms with Crippen LogP contribution < -0.4 is 10.1 Å². The smallest absolute Gasteiger partial charge is 0.120 e. The van der Waals surface area contributed by atoms with Gasteiger partial charge in [-0.05, 0) is 29.8 Å².